The van der Waals surface area contributed by atoms with Crippen molar-refractivity contribution in [3.8, 4) is 12.1 Å². The Kier molecular flexibility index (Phi) is 3.02. The molecule has 0 saturated heterocycles. The third kappa shape index (κ3) is 1.75. The van der Waals surface area contributed by atoms with Crippen molar-refractivity contribution in [1.82, 2.24) is 0 Å². The number of fused-ring (bicyclic) bond motifs is 1. The van der Waals surface area contributed by atoms with Crippen LogP contribution in [0, 0.1) is 35.4 Å². The second-order valence-corrected chi connectivity index (χ2v) is 4.15. The zero-order valence-electron chi connectivity index (χ0n) is 10.4. The summed E-state index contributed by atoms with van der Waals surface area (Å²) in [5.41, 5.74) is 1.34. The number of aryl methyl sites for hydroxylation is 1. The molecule has 92 valence electrons. The number of Topliss-reactive ketones (excluding diaryl/α,β-unsaturated/α-hetero) is 1. The summed E-state index contributed by atoms with van der Waals surface area (Å²) in [5.74, 6) is -0.741. The van der Waals surface area contributed by atoms with E-state index in [1.54, 1.807) is 32.1 Å². The van der Waals surface area contributed by atoms with E-state index in [9.17, 15) is 9.18 Å². The maximum Gasteiger partial charge on any atom is 0.194 e. The van der Waals surface area contributed by atoms with Gasteiger partial charge in [0.25, 0.3) is 0 Å². The van der Waals surface area contributed by atoms with Gasteiger partial charge in [-0.3, -0.25) is 4.79 Å². The molecule has 19 heavy (non-hydrogen) atoms. The number of halogens is 1. The Bertz CT molecular complexity index is 727. The summed E-state index contributed by atoms with van der Waals surface area (Å²) in [4.78, 5) is 12.2. The Morgan fingerprint density at radius 3 is 2.42 bits per heavy atom. The fourth-order valence-corrected chi connectivity index (χ4v) is 2.16. The summed E-state index contributed by atoms with van der Waals surface area (Å²) in [6.07, 6.45) is 1.54. The van der Waals surface area contributed by atoms with Gasteiger partial charge in [0.1, 0.15) is 23.5 Å². The highest BCUT2D eigenvalue weighted by Crippen LogP contribution is 2.39. The van der Waals surface area contributed by atoms with E-state index in [-0.39, 0.29) is 22.5 Å². The van der Waals surface area contributed by atoms with Crippen LogP contribution >= 0.6 is 0 Å². The molecule has 1 aromatic rings. The molecular weight excluding hydrogens is 243 g/mol. The normalized spacial score (nSPS) is 15.1. The molecule has 0 aromatic heterocycles. The van der Waals surface area contributed by atoms with Gasteiger partial charge in [-0.05, 0) is 37.1 Å². The van der Waals surface area contributed by atoms with E-state index in [1.165, 1.54) is 12.1 Å². The molecule has 1 aliphatic rings. The van der Waals surface area contributed by atoms with Crippen molar-refractivity contribution < 1.29 is 9.18 Å². The Labute approximate surface area is 109 Å². The van der Waals surface area contributed by atoms with Gasteiger partial charge in [-0.25, -0.2) is 4.39 Å². The second-order valence-electron chi connectivity index (χ2n) is 4.15. The molecule has 0 amide bonds. The average molecular weight is 252 g/mol. The maximum atomic E-state index is 13.7. The number of ketones is 1. The molecular formula is C15H9FN2O. The highest BCUT2D eigenvalue weighted by Gasteiger charge is 2.32. The molecule has 0 aliphatic heterocycles. The van der Waals surface area contributed by atoms with Crippen LogP contribution in [0.3, 0.4) is 0 Å². The van der Waals surface area contributed by atoms with E-state index in [0.29, 0.717) is 16.7 Å². The molecule has 0 bridgehead atoms. The van der Waals surface area contributed by atoms with Crippen molar-refractivity contribution >= 4 is 11.4 Å². The van der Waals surface area contributed by atoms with Crippen LogP contribution in [-0.2, 0) is 0 Å². The van der Waals surface area contributed by atoms with Gasteiger partial charge in [0.2, 0.25) is 0 Å². The fourth-order valence-electron chi connectivity index (χ4n) is 2.16. The number of nitriles is 2. The molecule has 0 saturated carbocycles. The summed E-state index contributed by atoms with van der Waals surface area (Å²) in [6.45, 7) is 3.21. The molecule has 0 spiro atoms. The van der Waals surface area contributed by atoms with Gasteiger partial charge in [0, 0.05) is 16.7 Å². The minimum Gasteiger partial charge on any atom is -0.289 e. The molecule has 0 atom stereocenters. The lowest BCUT2D eigenvalue weighted by Crippen LogP contribution is -1.96. The number of benzene rings is 1. The minimum absolute atomic E-state index is 0.177. The van der Waals surface area contributed by atoms with Crippen LogP contribution in [0.5, 0.6) is 0 Å². The average Bonchev–Trinajstić information content (AvgIpc) is 2.65. The van der Waals surface area contributed by atoms with Gasteiger partial charge < -0.3 is 0 Å². The predicted octanol–water partition coefficient (Wildman–Crippen LogP) is 3.08. The standard InChI is InChI=1S/C15H9FN2O/c1-3-10-14(9(6-17)7-18)11-5-13(16)8(2)4-12(11)15(10)19/h3-5H,1-2H3/b10-3-. The monoisotopic (exact) mass is 252 g/mol. The maximum absolute atomic E-state index is 13.7. The Balaban J connectivity index is 2.91. The summed E-state index contributed by atoms with van der Waals surface area (Å²) < 4.78 is 13.7. The lowest BCUT2D eigenvalue weighted by atomic mass is 9.99. The first kappa shape index (κ1) is 12.7. The van der Waals surface area contributed by atoms with Crippen LogP contribution < -0.4 is 0 Å². The molecule has 3 nitrogen and oxygen atoms in total. The molecule has 1 aromatic carbocycles. The van der Waals surface area contributed by atoms with Gasteiger partial charge in [-0.2, -0.15) is 10.5 Å². The Morgan fingerprint density at radius 2 is 1.89 bits per heavy atom. The molecule has 0 heterocycles. The van der Waals surface area contributed by atoms with Gasteiger partial charge in [-0.15, -0.1) is 0 Å². The van der Waals surface area contributed by atoms with Crippen molar-refractivity contribution in [2.75, 3.05) is 0 Å². The number of allylic oxidation sites excluding steroid dienone is 4. The first-order chi connectivity index (χ1) is 9.04. The van der Waals surface area contributed by atoms with Crippen molar-refractivity contribution in [2.24, 2.45) is 0 Å². The zero-order chi connectivity index (χ0) is 14.2. The third-order valence-electron chi connectivity index (χ3n) is 3.09. The van der Waals surface area contributed by atoms with E-state index < -0.39 is 5.82 Å². The summed E-state index contributed by atoms with van der Waals surface area (Å²) >= 11 is 0. The van der Waals surface area contributed by atoms with E-state index in [4.69, 9.17) is 10.5 Å². The largest absolute Gasteiger partial charge is 0.289 e. The van der Waals surface area contributed by atoms with Gasteiger partial charge in [-0.1, -0.05) is 6.08 Å². The number of carbonyl (C=O) groups is 1. The number of carbonyl (C=O) groups excluding carboxylic acids is 1. The van der Waals surface area contributed by atoms with E-state index >= 15 is 0 Å². The van der Waals surface area contributed by atoms with Crippen LogP contribution in [0.2, 0.25) is 0 Å². The topological polar surface area (TPSA) is 64.7 Å². The van der Waals surface area contributed by atoms with Crippen LogP contribution in [0.15, 0.2) is 29.4 Å². The first-order valence-electron chi connectivity index (χ1n) is 5.61. The fraction of sp³-hybridized carbons (Fsp3) is 0.133. The molecule has 4 heteroatoms. The zero-order valence-corrected chi connectivity index (χ0v) is 10.4. The number of nitrogens with zero attached hydrogens (tertiary/aromatic N) is 2. The van der Waals surface area contributed by atoms with E-state index in [0.717, 1.165) is 0 Å². The van der Waals surface area contributed by atoms with E-state index in [1.807, 2.05) is 0 Å². The molecule has 0 fully saturated rings. The first-order valence-corrected chi connectivity index (χ1v) is 5.61. The number of rotatable bonds is 0. The molecule has 1 aliphatic carbocycles. The quantitative estimate of drug-likeness (QED) is 0.526. The molecule has 2 rings (SSSR count). The van der Waals surface area contributed by atoms with Crippen molar-refractivity contribution in [3.63, 3.8) is 0 Å². The van der Waals surface area contributed by atoms with Crippen LogP contribution in [0.1, 0.15) is 28.4 Å². The van der Waals surface area contributed by atoms with Gasteiger partial charge in [0.15, 0.2) is 5.78 Å². The highest BCUT2D eigenvalue weighted by molar-refractivity contribution is 6.27. The summed E-state index contributed by atoms with van der Waals surface area (Å²) in [6, 6.07) is 6.18. The lowest BCUT2D eigenvalue weighted by Gasteiger charge is -2.02. The van der Waals surface area contributed by atoms with Gasteiger partial charge >= 0.3 is 0 Å². The van der Waals surface area contributed by atoms with Crippen LogP contribution in [0.4, 0.5) is 4.39 Å². The van der Waals surface area contributed by atoms with Crippen molar-refractivity contribution in [3.05, 3.63) is 51.9 Å². The number of hydrogen-bond donors (Lipinski definition) is 0. The highest BCUT2D eigenvalue weighted by atomic mass is 19.1. The van der Waals surface area contributed by atoms with E-state index in [2.05, 4.69) is 0 Å². The van der Waals surface area contributed by atoms with Crippen molar-refractivity contribution in [2.45, 2.75) is 13.8 Å². The summed E-state index contributed by atoms with van der Waals surface area (Å²) in [5, 5.41) is 17.9. The predicted molar refractivity (Wildman–Crippen MR) is 67.4 cm³/mol. The molecule has 0 N–H and O–H groups in total. The van der Waals surface area contributed by atoms with Crippen LogP contribution in [0.25, 0.3) is 5.57 Å². The summed E-state index contributed by atoms with van der Waals surface area (Å²) in [7, 11) is 0. The Morgan fingerprint density at radius 1 is 1.26 bits per heavy atom. The van der Waals surface area contributed by atoms with Crippen LogP contribution in [-0.4, -0.2) is 5.78 Å². The van der Waals surface area contributed by atoms with Gasteiger partial charge in [0.05, 0.1) is 0 Å². The second kappa shape index (κ2) is 4.51. The third-order valence-corrected chi connectivity index (χ3v) is 3.09. The minimum atomic E-state index is -0.461. The molecule has 0 unspecified atom stereocenters. The number of hydrogen-bond acceptors (Lipinski definition) is 3. The lowest BCUT2D eigenvalue weighted by molar-refractivity contribution is 0.104. The molecule has 0 radical (unpaired) electrons. The van der Waals surface area contributed by atoms with Crippen molar-refractivity contribution in [1.29, 1.82) is 10.5 Å². The smallest absolute Gasteiger partial charge is 0.194 e. The SMILES string of the molecule is C/C=C1\C(=O)c2cc(C)c(F)cc2C1=C(C#N)C#N. The Hall–Kier alpha value is -2.72.